The Labute approximate surface area is 113 Å². The molecule has 1 aromatic carbocycles. The molecule has 1 aromatic heterocycles. The highest BCUT2D eigenvalue weighted by atomic mass is 19.4. The van der Waals surface area contributed by atoms with Crippen molar-refractivity contribution in [1.82, 2.24) is 4.98 Å². The van der Waals surface area contributed by atoms with Crippen LogP contribution in [-0.4, -0.2) is 17.2 Å². The summed E-state index contributed by atoms with van der Waals surface area (Å²) in [6.07, 6.45) is -3.03. The average Bonchev–Trinajstić information content (AvgIpc) is 2.46. The van der Waals surface area contributed by atoms with Gasteiger partial charge in [-0.2, -0.15) is 13.2 Å². The van der Waals surface area contributed by atoms with Crippen LogP contribution in [0.4, 0.5) is 13.2 Å². The van der Waals surface area contributed by atoms with Crippen molar-refractivity contribution in [3.8, 4) is 17.0 Å². The van der Waals surface area contributed by atoms with E-state index >= 15 is 0 Å². The number of pyridine rings is 1. The summed E-state index contributed by atoms with van der Waals surface area (Å²) in [5.41, 5.74) is 0.270. The van der Waals surface area contributed by atoms with Crippen molar-refractivity contribution in [3.63, 3.8) is 0 Å². The number of hydrogen-bond acceptors (Lipinski definition) is 3. The number of ether oxygens (including phenoxy) is 1. The molecule has 6 heteroatoms. The van der Waals surface area contributed by atoms with Crippen molar-refractivity contribution >= 4 is 0 Å². The zero-order valence-corrected chi connectivity index (χ0v) is 10.6. The molecule has 0 atom stereocenters. The van der Waals surface area contributed by atoms with E-state index in [4.69, 9.17) is 9.84 Å². The van der Waals surface area contributed by atoms with E-state index in [0.717, 1.165) is 12.1 Å². The fourth-order valence-corrected chi connectivity index (χ4v) is 1.79. The molecule has 0 radical (unpaired) electrons. The Hall–Kier alpha value is -2.08. The summed E-state index contributed by atoms with van der Waals surface area (Å²) in [5.74, 6) is 0.378. The van der Waals surface area contributed by atoms with Crippen molar-refractivity contribution < 1.29 is 23.0 Å². The zero-order valence-electron chi connectivity index (χ0n) is 10.6. The topological polar surface area (TPSA) is 42.4 Å². The van der Waals surface area contributed by atoms with Crippen LogP contribution in [0.25, 0.3) is 11.1 Å². The van der Waals surface area contributed by atoms with Gasteiger partial charge in [0.15, 0.2) is 0 Å². The number of aromatic nitrogens is 1. The number of hydrogen-bond donors (Lipinski definition) is 1. The van der Waals surface area contributed by atoms with Crippen LogP contribution in [0.5, 0.6) is 5.88 Å². The van der Waals surface area contributed by atoms with Crippen molar-refractivity contribution in [1.29, 1.82) is 0 Å². The number of nitrogens with zero attached hydrogens (tertiary/aromatic N) is 1. The number of rotatable bonds is 3. The molecule has 0 aliphatic rings. The van der Waals surface area contributed by atoms with Gasteiger partial charge in [0.2, 0.25) is 5.88 Å². The summed E-state index contributed by atoms with van der Waals surface area (Å²) in [5, 5.41) is 9.08. The first-order valence-corrected chi connectivity index (χ1v) is 5.76. The molecule has 0 unspecified atom stereocenters. The van der Waals surface area contributed by atoms with E-state index < -0.39 is 18.3 Å². The van der Waals surface area contributed by atoms with Gasteiger partial charge in [-0.3, -0.25) is 0 Å². The lowest BCUT2D eigenvalue weighted by Crippen LogP contribution is -2.06. The van der Waals surface area contributed by atoms with E-state index in [1.807, 2.05) is 0 Å². The Kier molecular flexibility index (Phi) is 3.94. The molecule has 0 spiro atoms. The van der Waals surface area contributed by atoms with Crippen LogP contribution >= 0.6 is 0 Å². The molecule has 0 amide bonds. The Balaban J connectivity index is 2.49. The van der Waals surface area contributed by atoms with E-state index in [9.17, 15) is 13.2 Å². The van der Waals surface area contributed by atoms with Crippen molar-refractivity contribution in [2.24, 2.45) is 0 Å². The molecule has 3 nitrogen and oxygen atoms in total. The molecule has 20 heavy (non-hydrogen) atoms. The second-order valence-electron chi connectivity index (χ2n) is 4.16. The van der Waals surface area contributed by atoms with Gasteiger partial charge in [-0.1, -0.05) is 0 Å². The number of methoxy groups -OCH3 is 1. The molecule has 1 heterocycles. The lowest BCUT2D eigenvalue weighted by molar-refractivity contribution is -0.137. The first-order valence-electron chi connectivity index (χ1n) is 5.76. The zero-order chi connectivity index (χ0) is 14.8. The SMILES string of the molecule is COc1ccc(-c2cc(CO)cc(C(F)(F)F)c2)cn1. The maximum atomic E-state index is 12.8. The highest BCUT2D eigenvalue weighted by molar-refractivity contribution is 5.65. The van der Waals surface area contributed by atoms with Crippen molar-refractivity contribution in [3.05, 3.63) is 47.7 Å². The van der Waals surface area contributed by atoms with Crippen molar-refractivity contribution in [2.75, 3.05) is 7.11 Å². The highest BCUT2D eigenvalue weighted by Crippen LogP contribution is 2.33. The number of halogens is 3. The molecule has 0 aliphatic carbocycles. The minimum Gasteiger partial charge on any atom is -0.481 e. The van der Waals surface area contributed by atoms with Gasteiger partial charge in [-0.15, -0.1) is 0 Å². The third kappa shape index (κ3) is 3.08. The van der Waals surface area contributed by atoms with Gasteiger partial charge in [0.05, 0.1) is 19.3 Å². The lowest BCUT2D eigenvalue weighted by Gasteiger charge is -2.11. The summed E-state index contributed by atoms with van der Waals surface area (Å²) >= 11 is 0. The molecule has 2 rings (SSSR count). The Morgan fingerprint density at radius 2 is 1.90 bits per heavy atom. The van der Waals surface area contributed by atoms with Crippen LogP contribution in [0.1, 0.15) is 11.1 Å². The van der Waals surface area contributed by atoms with Gasteiger partial charge in [-0.25, -0.2) is 4.98 Å². The van der Waals surface area contributed by atoms with E-state index in [1.54, 1.807) is 12.1 Å². The number of benzene rings is 1. The maximum absolute atomic E-state index is 12.8. The Morgan fingerprint density at radius 3 is 2.40 bits per heavy atom. The predicted octanol–water partition coefficient (Wildman–Crippen LogP) is 3.27. The standard InChI is InChI=1S/C14H12F3NO2/c1-20-13-3-2-10(7-18-13)11-4-9(8-19)5-12(6-11)14(15,16)17/h2-7,19H,8H2,1H3. The minimum atomic E-state index is -4.46. The average molecular weight is 283 g/mol. The predicted molar refractivity (Wildman–Crippen MR) is 67.1 cm³/mol. The number of aliphatic hydroxyl groups excluding tert-OH is 1. The number of alkyl halides is 3. The molecule has 0 bridgehead atoms. The van der Waals surface area contributed by atoms with Gasteiger partial charge in [0, 0.05) is 17.8 Å². The largest absolute Gasteiger partial charge is 0.481 e. The summed E-state index contributed by atoms with van der Waals surface area (Å²) in [7, 11) is 1.45. The van der Waals surface area contributed by atoms with Gasteiger partial charge in [0.1, 0.15) is 0 Å². The molecule has 2 aromatic rings. The van der Waals surface area contributed by atoms with Crippen LogP contribution in [0.2, 0.25) is 0 Å². The normalized spacial score (nSPS) is 11.4. The van der Waals surface area contributed by atoms with Crippen LogP contribution < -0.4 is 4.74 Å². The van der Waals surface area contributed by atoms with Gasteiger partial charge >= 0.3 is 6.18 Å². The van der Waals surface area contributed by atoms with Gasteiger partial charge in [-0.05, 0) is 35.4 Å². The Bertz CT molecular complexity index is 594. The van der Waals surface area contributed by atoms with Crippen LogP contribution in [0.15, 0.2) is 36.5 Å². The van der Waals surface area contributed by atoms with E-state index in [2.05, 4.69) is 4.98 Å². The third-order valence-electron chi connectivity index (χ3n) is 2.78. The summed E-state index contributed by atoms with van der Waals surface area (Å²) < 4.78 is 43.3. The molecular formula is C14H12F3NO2. The molecule has 0 fully saturated rings. The van der Waals surface area contributed by atoms with Crippen molar-refractivity contribution in [2.45, 2.75) is 12.8 Å². The first kappa shape index (κ1) is 14.3. The third-order valence-corrected chi connectivity index (χ3v) is 2.78. The molecule has 106 valence electrons. The van der Waals surface area contributed by atoms with E-state index in [0.29, 0.717) is 17.0 Å². The summed E-state index contributed by atoms with van der Waals surface area (Å²) in [6.45, 7) is -0.458. The first-order chi connectivity index (χ1) is 9.44. The smallest absolute Gasteiger partial charge is 0.416 e. The molecule has 1 N–H and O–H groups in total. The summed E-state index contributed by atoms with van der Waals surface area (Å²) in [4.78, 5) is 3.95. The molecule has 0 saturated carbocycles. The quantitative estimate of drug-likeness (QED) is 0.940. The molecule has 0 saturated heterocycles. The van der Waals surface area contributed by atoms with Gasteiger partial charge < -0.3 is 9.84 Å². The highest BCUT2D eigenvalue weighted by Gasteiger charge is 2.31. The van der Waals surface area contributed by atoms with E-state index in [1.165, 1.54) is 19.4 Å². The Morgan fingerprint density at radius 1 is 1.15 bits per heavy atom. The minimum absolute atomic E-state index is 0.200. The molecular weight excluding hydrogens is 271 g/mol. The second-order valence-corrected chi connectivity index (χ2v) is 4.16. The lowest BCUT2D eigenvalue weighted by atomic mass is 10.0. The monoisotopic (exact) mass is 283 g/mol. The fourth-order valence-electron chi connectivity index (χ4n) is 1.79. The van der Waals surface area contributed by atoms with E-state index in [-0.39, 0.29) is 5.56 Å². The van der Waals surface area contributed by atoms with Gasteiger partial charge in [0.25, 0.3) is 0 Å². The summed E-state index contributed by atoms with van der Waals surface area (Å²) in [6, 6.07) is 6.64. The number of aliphatic hydroxyl groups is 1. The second kappa shape index (κ2) is 5.50. The van der Waals surface area contributed by atoms with Crippen LogP contribution in [0, 0.1) is 0 Å². The fraction of sp³-hybridized carbons (Fsp3) is 0.214. The molecule has 0 aliphatic heterocycles. The van der Waals surface area contributed by atoms with Crippen LogP contribution in [-0.2, 0) is 12.8 Å². The maximum Gasteiger partial charge on any atom is 0.416 e. The van der Waals surface area contributed by atoms with Crippen LogP contribution in [0.3, 0.4) is 0 Å².